The van der Waals surface area contributed by atoms with Crippen LogP contribution in [0.15, 0.2) is 0 Å². The normalized spacial score (nSPS) is 10.4. The Labute approximate surface area is 182 Å². The van der Waals surface area contributed by atoms with Gasteiger partial charge in [0.2, 0.25) is 0 Å². The molecule has 0 spiro atoms. The first-order chi connectivity index (χ1) is 13.3. The Hall–Kier alpha value is 0.719. The summed E-state index contributed by atoms with van der Waals surface area (Å²) in [7, 11) is 0. The van der Waals surface area contributed by atoms with E-state index in [1.165, 1.54) is 89.9 Å². The number of unbranched alkanes of at least 4 members (excludes halogenated alkanes) is 15. The minimum Gasteiger partial charge on any atom is -0.854 e. The average molecular weight is 489 g/mol. The van der Waals surface area contributed by atoms with E-state index in [4.69, 9.17) is 0 Å². The first kappa shape index (κ1) is 29.9. The molecule has 0 saturated heterocycles. The van der Waals surface area contributed by atoms with E-state index in [0.717, 1.165) is 25.7 Å². The van der Waals surface area contributed by atoms with Crippen LogP contribution in [0.1, 0.15) is 129 Å². The Balaban J connectivity index is 0. The molecular formula is C24H50O2Sn. The van der Waals surface area contributed by atoms with Crippen molar-refractivity contribution in [1.29, 1.82) is 0 Å². The molecule has 0 N–H and O–H groups in total. The molecule has 0 aliphatic rings. The third-order valence-electron chi connectivity index (χ3n) is 4.95. The van der Waals surface area contributed by atoms with Gasteiger partial charge in [0.05, 0.1) is 0 Å². The Morgan fingerprint density at radius 1 is 0.407 bits per heavy atom. The van der Waals surface area contributed by atoms with Gasteiger partial charge in [-0.3, -0.25) is 0 Å². The van der Waals surface area contributed by atoms with Gasteiger partial charge >= 0.3 is 69.5 Å². The van der Waals surface area contributed by atoms with Crippen LogP contribution < -0.4 is 10.2 Å². The molecule has 162 valence electrons. The summed E-state index contributed by atoms with van der Waals surface area (Å²) in [6.07, 6.45) is 23.2. The fourth-order valence-corrected chi connectivity index (χ4v) is 7.21. The number of hydrogen-bond donors (Lipinski definition) is 0. The molecule has 0 radical (unpaired) electrons. The molecule has 0 aliphatic heterocycles. The van der Waals surface area contributed by atoms with Gasteiger partial charge in [-0.15, -0.1) is 13.2 Å². The molecule has 0 amide bonds. The number of hydrogen-bond acceptors (Lipinski definition) is 2. The van der Waals surface area contributed by atoms with Gasteiger partial charge in [-0.2, -0.15) is 0 Å². The first-order valence-corrected chi connectivity index (χ1v) is 16.2. The molecule has 3 heteroatoms. The summed E-state index contributed by atoms with van der Waals surface area (Å²) in [6.45, 7) is 4.79. The van der Waals surface area contributed by atoms with Crippen LogP contribution in [0.5, 0.6) is 0 Å². The predicted octanol–water partition coefficient (Wildman–Crippen LogP) is 6.30. The van der Waals surface area contributed by atoms with Gasteiger partial charge in [-0.05, 0) is 0 Å². The second-order valence-corrected chi connectivity index (χ2v) is 12.1. The van der Waals surface area contributed by atoms with Gasteiger partial charge in [0.1, 0.15) is 0 Å². The van der Waals surface area contributed by atoms with Gasteiger partial charge in [-0.25, -0.2) is 0 Å². The molecule has 0 saturated carbocycles. The van der Waals surface area contributed by atoms with E-state index in [1.807, 2.05) is 0 Å². The fourth-order valence-electron chi connectivity index (χ4n) is 3.05. The van der Waals surface area contributed by atoms with Crippen LogP contribution in [0.25, 0.3) is 0 Å². The van der Waals surface area contributed by atoms with Crippen molar-refractivity contribution in [3.05, 3.63) is 0 Å². The summed E-state index contributed by atoms with van der Waals surface area (Å²) in [5.74, 6) is 0. The van der Waals surface area contributed by atoms with E-state index in [9.17, 15) is 10.2 Å². The Morgan fingerprint density at radius 2 is 0.667 bits per heavy atom. The molecule has 0 heterocycles. The molecular weight excluding hydrogens is 439 g/mol. The van der Waals surface area contributed by atoms with Crippen molar-refractivity contribution in [1.82, 2.24) is 0 Å². The molecule has 0 aromatic carbocycles. The molecule has 2 nitrogen and oxygen atoms in total. The molecule has 0 aromatic rings. The van der Waals surface area contributed by atoms with E-state index in [-0.39, 0.29) is 34.4 Å². The SMILES string of the molecule is CCC[CH2][Sn+2][CH2]CCC.[O-]CCCCCCCCCCCCCCCC[O-]. The van der Waals surface area contributed by atoms with Crippen molar-refractivity contribution in [3.63, 3.8) is 0 Å². The van der Waals surface area contributed by atoms with Crippen molar-refractivity contribution in [2.45, 2.75) is 138 Å². The van der Waals surface area contributed by atoms with Crippen LogP contribution in [0.4, 0.5) is 0 Å². The maximum absolute atomic E-state index is 10.2. The summed E-state index contributed by atoms with van der Waals surface area (Å²) in [4.78, 5) is 0. The Kier molecular flexibility index (Phi) is 34.8. The molecule has 0 bridgehead atoms. The third-order valence-corrected chi connectivity index (χ3v) is 8.99. The topological polar surface area (TPSA) is 46.1 Å². The smallest absolute Gasteiger partial charge is 0.0533 e. The molecule has 0 aliphatic carbocycles. The minimum absolute atomic E-state index is 0.106. The number of rotatable bonds is 21. The summed E-state index contributed by atoms with van der Waals surface area (Å²) in [5.41, 5.74) is 0. The van der Waals surface area contributed by atoms with Crippen LogP contribution in [-0.4, -0.2) is 34.4 Å². The van der Waals surface area contributed by atoms with Gasteiger partial charge in [0, 0.05) is 0 Å². The van der Waals surface area contributed by atoms with Crippen LogP contribution in [0, 0.1) is 0 Å². The summed E-state index contributed by atoms with van der Waals surface area (Å²) in [5, 5.41) is 20.5. The molecule has 0 rings (SSSR count). The third kappa shape index (κ3) is 34.6. The van der Waals surface area contributed by atoms with Crippen LogP contribution in [0.2, 0.25) is 8.87 Å². The van der Waals surface area contributed by atoms with Crippen molar-refractivity contribution in [2.24, 2.45) is 0 Å². The molecule has 0 unspecified atom stereocenters. The van der Waals surface area contributed by atoms with E-state index in [2.05, 4.69) is 13.8 Å². The summed E-state index contributed by atoms with van der Waals surface area (Å²) in [6, 6.07) is 0. The van der Waals surface area contributed by atoms with Gasteiger partial charge in [-0.1, -0.05) is 89.9 Å². The first-order valence-electron chi connectivity index (χ1n) is 12.2. The van der Waals surface area contributed by atoms with Crippen LogP contribution >= 0.6 is 0 Å². The Morgan fingerprint density at radius 3 is 0.889 bits per heavy atom. The van der Waals surface area contributed by atoms with Crippen LogP contribution in [-0.2, 0) is 0 Å². The van der Waals surface area contributed by atoms with Crippen molar-refractivity contribution < 1.29 is 10.2 Å². The maximum atomic E-state index is 10.2. The minimum atomic E-state index is 0.106. The molecule has 0 fully saturated rings. The molecule has 0 aromatic heterocycles. The van der Waals surface area contributed by atoms with E-state index < -0.39 is 0 Å². The zero-order chi connectivity index (χ0) is 20.3. The van der Waals surface area contributed by atoms with Gasteiger partial charge < -0.3 is 10.2 Å². The monoisotopic (exact) mass is 490 g/mol. The van der Waals surface area contributed by atoms with Crippen molar-refractivity contribution >= 4 is 21.1 Å². The molecule has 27 heavy (non-hydrogen) atoms. The van der Waals surface area contributed by atoms with E-state index in [0.29, 0.717) is 0 Å². The van der Waals surface area contributed by atoms with Gasteiger partial charge in [0.25, 0.3) is 0 Å². The van der Waals surface area contributed by atoms with E-state index >= 15 is 0 Å². The zero-order valence-electron chi connectivity index (χ0n) is 18.9. The predicted molar refractivity (Wildman–Crippen MR) is 120 cm³/mol. The van der Waals surface area contributed by atoms with Gasteiger partial charge in [0.15, 0.2) is 0 Å². The summed E-state index contributed by atoms with van der Waals surface area (Å²) >= 11 is 0.149. The zero-order valence-corrected chi connectivity index (χ0v) is 21.7. The summed E-state index contributed by atoms with van der Waals surface area (Å²) < 4.78 is 3.25. The Bertz CT molecular complexity index is 202. The maximum Gasteiger partial charge on any atom is -0.0533 e. The second kappa shape index (κ2) is 31.4. The van der Waals surface area contributed by atoms with Crippen molar-refractivity contribution in [3.8, 4) is 0 Å². The van der Waals surface area contributed by atoms with Crippen molar-refractivity contribution in [2.75, 3.05) is 13.2 Å². The largest absolute Gasteiger partial charge is 0.854 e. The van der Waals surface area contributed by atoms with Crippen LogP contribution in [0.3, 0.4) is 0 Å². The average Bonchev–Trinajstić information content (AvgIpc) is 2.69. The standard InChI is InChI=1S/C16H32O2.2C4H9.Sn/c17-15-13-11-9-7-5-3-1-2-4-6-8-10-12-14-16-18;2*1-3-4-2;/h1-16H2;2*1,3-4H2,2H3;/q-2;;;+2. The molecule has 0 atom stereocenters. The quantitative estimate of drug-likeness (QED) is 0.140. The fraction of sp³-hybridized carbons (Fsp3) is 1.00. The second-order valence-electron chi connectivity index (χ2n) is 7.82. The van der Waals surface area contributed by atoms with E-state index in [1.54, 1.807) is 8.87 Å².